The Morgan fingerprint density at radius 3 is 2.34 bits per heavy atom. The van der Waals surface area contributed by atoms with Gasteiger partial charge in [0.2, 0.25) is 17.6 Å². The van der Waals surface area contributed by atoms with E-state index in [4.69, 9.17) is 25.8 Å². The van der Waals surface area contributed by atoms with Crippen LogP contribution in [0.25, 0.3) is 21.7 Å². The Morgan fingerprint density at radius 1 is 0.839 bits per heavy atom. The monoisotopic (exact) mass is 1290 g/mol. The number of methoxy groups -OCH3 is 1. The molecule has 5 heterocycles. The van der Waals surface area contributed by atoms with Gasteiger partial charge in [0.1, 0.15) is 52.3 Å². The van der Waals surface area contributed by atoms with Crippen molar-refractivity contribution in [1.82, 2.24) is 19.4 Å². The summed E-state index contributed by atoms with van der Waals surface area (Å²) in [6, 6.07) is 18.7. The normalized spacial score (nSPS) is 20.7. The van der Waals surface area contributed by atoms with Crippen molar-refractivity contribution >= 4 is 97.0 Å². The number of amides is 4. The van der Waals surface area contributed by atoms with Gasteiger partial charge in [0, 0.05) is 121 Å². The number of H-pyrrole nitrogens is 1. The highest BCUT2D eigenvalue weighted by molar-refractivity contribution is 6.31. The summed E-state index contributed by atoms with van der Waals surface area (Å²) in [6.45, 7) is 2.65. The van der Waals surface area contributed by atoms with E-state index >= 15 is 0 Å². The Labute approximate surface area is 535 Å². The van der Waals surface area contributed by atoms with Crippen molar-refractivity contribution < 1.29 is 83.5 Å². The molecule has 4 amide bonds. The van der Waals surface area contributed by atoms with E-state index in [2.05, 4.69) is 26.3 Å². The zero-order valence-corrected chi connectivity index (χ0v) is 51.8. The number of aromatic nitrogens is 3. The summed E-state index contributed by atoms with van der Waals surface area (Å²) in [5.74, 6) is -5.96. The Balaban J connectivity index is 0.663. The minimum absolute atomic E-state index is 0.0168. The molecule has 7 atom stereocenters. The van der Waals surface area contributed by atoms with E-state index < -0.39 is 102 Å². The molecule has 2 aliphatic carbocycles. The number of aliphatic hydroxyl groups excluding tert-OH is 2. The molecule has 0 spiro atoms. The molecule has 3 aromatic heterocycles. The third-order valence-electron chi connectivity index (χ3n) is 18.2. The summed E-state index contributed by atoms with van der Waals surface area (Å²) >= 11 is 6.57. The highest BCUT2D eigenvalue weighted by Crippen LogP contribution is 2.53. The van der Waals surface area contributed by atoms with Gasteiger partial charge in [0.15, 0.2) is 23.6 Å². The number of aromatic hydroxyl groups is 4. The molecule has 4 aliphatic rings. The van der Waals surface area contributed by atoms with E-state index in [0.29, 0.717) is 50.0 Å². The molecule has 484 valence electrons. The van der Waals surface area contributed by atoms with Crippen LogP contribution in [0.1, 0.15) is 125 Å². The van der Waals surface area contributed by atoms with Crippen LogP contribution in [-0.2, 0) is 50.8 Å². The van der Waals surface area contributed by atoms with Gasteiger partial charge in [-0.1, -0.05) is 30.3 Å². The number of ketones is 3. The molecule has 0 radical (unpaired) electrons. The van der Waals surface area contributed by atoms with Crippen LogP contribution in [0, 0.1) is 6.92 Å². The molecule has 8 aromatic rings. The predicted molar refractivity (Wildman–Crippen MR) is 340 cm³/mol. The second kappa shape index (κ2) is 24.8. The van der Waals surface area contributed by atoms with Gasteiger partial charge < -0.3 is 90.2 Å². The van der Waals surface area contributed by atoms with E-state index in [1.807, 2.05) is 6.07 Å². The molecule has 93 heavy (non-hydrogen) atoms. The number of nitrogens with one attached hydrogen (secondary N) is 5. The number of carbonyl (C=O) groups is 7. The zero-order valence-electron chi connectivity index (χ0n) is 51.1. The van der Waals surface area contributed by atoms with Gasteiger partial charge in [0.05, 0.1) is 65.6 Å². The van der Waals surface area contributed by atoms with Crippen molar-refractivity contribution in [3.8, 4) is 28.7 Å². The maximum absolute atomic E-state index is 14.4. The molecule has 12 rings (SSSR count). The number of aryl methyl sites for hydroxylation is 2. The van der Waals surface area contributed by atoms with Gasteiger partial charge >= 0.3 is 0 Å². The van der Waals surface area contributed by atoms with Crippen molar-refractivity contribution in [3.63, 3.8) is 0 Å². The number of hydrogen-bond donors (Lipinski definition) is 12. The molecule has 1 fully saturated rings. The van der Waals surface area contributed by atoms with E-state index in [1.54, 1.807) is 96.8 Å². The van der Waals surface area contributed by atoms with E-state index in [9.17, 15) is 69.3 Å². The number of anilines is 4. The Bertz CT molecular complexity index is 4460. The number of nitrogens with zero attached hydrogens (tertiary/aromatic N) is 3. The van der Waals surface area contributed by atoms with Crippen LogP contribution >= 0.6 is 11.6 Å². The topological polar surface area (TPSA) is 366 Å². The first-order valence-electron chi connectivity index (χ1n) is 30.1. The first-order chi connectivity index (χ1) is 44.4. The minimum Gasteiger partial charge on any atom is -0.507 e. The van der Waals surface area contributed by atoms with Gasteiger partial charge in [-0.3, -0.25) is 33.6 Å². The molecular weight excluding hydrogens is 1220 g/mol. The van der Waals surface area contributed by atoms with E-state index in [1.165, 1.54) is 31.4 Å². The maximum Gasteiger partial charge on any atom is 0.274 e. The van der Waals surface area contributed by atoms with Crippen LogP contribution in [0.15, 0.2) is 85.2 Å². The van der Waals surface area contributed by atoms with Crippen LogP contribution in [0.2, 0.25) is 0 Å². The number of alkyl halides is 1. The lowest BCUT2D eigenvalue weighted by Crippen LogP contribution is -2.54. The molecular formula is C67H67ClN8O17. The van der Waals surface area contributed by atoms with Gasteiger partial charge in [-0.25, -0.2) is 0 Å². The molecule has 1 saturated heterocycles. The summed E-state index contributed by atoms with van der Waals surface area (Å²) < 4.78 is 21.0. The number of aliphatic hydroxyl groups is 3. The SMILES string of the molecule is COc1cccc2c1C(=O)c1c(O)c3c(c(O)c1C2=O)CC(O)(C(=O)CO)C[C@H]3OC1C[C@H](NCCCC(=O)Nc2cc(C(=O)Nc3ccc4[nH]c(C(=O)N5CC(CCl)c6c5cc(O)c5ccc(CC(=O)Nc7cn(C)c(C)c7O)cc65)cc4c3)n(C)c2)[C@H](O)[C@H](C)O1. The molecule has 3 unspecified atom stereocenters. The number of rotatable bonds is 18. The Kier molecular flexibility index (Phi) is 16.9. The summed E-state index contributed by atoms with van der Waals surface area (Å²) in [5, 5.41) is 91.8. The molecule has 26 heteroatoms. The summed E-state index contributed by atoms with van der Waals surface area (Å²) in [5.41, 5.74) is 0.481. The highest BCUT2D eigenvalue weighted by Gasteiger charge is 2.50. The summed E-state index contributed by atoms with van der Waals surface area (Å²) in [7, 11) is 4.71. The van der Waals surface area contributed by atoms with Crippen molar-refractivity contribution in [2.24, 2.45) is 14.1 Å². The fourth-order valence-electron chi connectivity index (χ4n) is 13.3. The van der Waals surface area contributed by atoms with Crippen molar-refractivity contribution in [2.75, 3.05) is 53.5 Å². The average Bonchev–Trinajstić information content (AvgIpc) is 1.47. The second-order valence-corrected chi connectivity index (χ2v) is 24.5. The lowest BCUT2D eigenvalue weighted by atomic mass is 9.72. The number of ether oxygens (including phenoxy) is 3. The largest absolute Gasteiger partial charge is 0.507 e. The lowest BCUT2D eigenvalue weighted by Gasteiger charge is -2.43. The number of halogens is 1. The number of phenolic OH excluding ortho intramolecular Hbond substituents is 3. The second-order valence-electron chi connectivity index (χ2n) is 24.2. The number of aromatic amines is 1. The summed E-state index contributed by atoms with van der Waals surface area (Å²) in [6.07, 6.45) is -2.42. The van der Waals surface area contributed by atoms with Gasteiger partial charge in [0.25, 0.3) is 11.8 Å². The van der Waals surface area contributed by atoms with Gasteiger partial charge in [-0.2, -0.15) is 0 Å². The van der Waals surface area contributed by atoms with Crippen molar-refractivity contribution in [3.05, 3.63) is 147 Å². The molecule has 5 aromatic carbocycles. The van der Waals surface area contributed by atoms with Crippen LogP contribution in [0.5, 0.6) is 28.7 Å². The first-order valence-corrected chi connectivity index (χ1v) is 30.6. The molecule has 2 aliphatic heterocycles. The van der Waals surface area contributed by atoms with Crippen molar-refractivity contribution in [2.45, 2.75) is 94.5 Å². The fraction of sp³-hybridized carbons (Fsp3) is 0.328. The molecule has 0 bridgehead atoms. The standard InChI is InChI=1S/C67H67ClN8O17/c1-30-59(82)44(28-74(30)3)73-52(81)17-32-11-13-37-39(16-32)54-34(25-68)26-76(45(54)22-47(37)78)66(89)43-19-33-18-35(12-14-41(33)72-43)71-65(88)46-20-36(27-75(46)4)70-51(80)10-7-15-69-42-21-53(92-31(2)60(42)83)93-49-24-67(90,50(79)29-77)23-40-56(49)64(87)58-57(62(40)85)61(84)38-8-6-9-48(91-5)55(38)63(58)86/h6,8-9,11-14,16,18-20,22,27-28,31,34,42,49,53,60,69,72,77-78,82-83,85,87,90H,7,10,15,17,21,23-26,29H2,1-5H3,(H,70,80)(H,71,88)(H,73,81)/t31-,34?,42-,49+,53?,60+,67?/m0/s1. The quantitative estimate of drug-likeness (QED) is 0.0248. The van der Waals surface area contributed by atoms with Crippen LogP contribution < -0.4 is 30.9 Å². The number of phenols is 3. The smallest absolute Gasteiger partial charge is 0.274 e. The minimum atomic E-state index is -2.36. The van der Waals surface area contributed by atoms with Gasteiger partial charge in [-0.05, 0) is 79.7 Å². The summed E-state index contributed by atoms with van der Waals surface area (Å²) in [4.78, 5) is 101. The third-order valence-corrected chi connectivity index (χ3v) is 18.6. The average molecular weight is 1290 g/mol. The molecule has 12 N–H and O–H groups in total. The predicted octanol–water partition coefficient (Wildman–Crippen LogP) is 6.50. The zero-order chi connectivity index (χ0) is 66.2. The van der Waals surface area contributed by atoms with Crippen LogP contribution in [0.3, 0.4) is 0 Å². The van der Waals surface area contributed by atoms with E-state index in [-0.39, 0.29) is 125 Å². The van der Waals surface area contributed by atoms with Gasteiger partial charge in [-0.15, -0.1) is 11.6 Å². The number of fused-ring (bicyclic) bond motifs is 7. The van der Waals surface area contributed by atoms with E-state index in [0.717, 1.165) is 5.56 Å². The maximum atomic E-state index is 14.4. The number of Topliss-reactive ketones (excluding diaryl/α,β-unsaturated/α-hetero) is 1. The van der Waals surface area contributed by atoms with Crippen LogP contribution in [-0.4, -0.2) is 154 Å². The number of benzene rings is 5. The first kappa shape index (κ1) is 63.5. The lowest BCUT2D eigenvalue weighted by molar-refractivity contribution is -0.249. The fourth-order valence-corrected chi connectivity index (χ4v) is 13.6. The third kappa shape index (κ3) is 11.5. The highest BCUT2D eigenvalue weighted by atomic mass is 35.5. The Morgan fingerprint density at radius 2 is 1.61 bits per heavy atom. The number of carbonyl (C=O) groups excluding carboxylic acids is 7. The molecule has 0 saturated carbocycles. The van der Waals surface area contributed by atoms with Crippen molar-refractivity contribution in [1.29, 1.82) is 0 Å². The molecule has 25 nitrogen and oxygen atoms in total. The Hall–Kier alpha value is -9.60. The number of hydrogen-bond acceptors (Lipinski definition) is 18. The van der Waals surface area contributed by atoms with Crippen LogP contribution in [0.4, 0.5) is 22.7 Å².